The summed E-state index contributed by atoms with van der Waals surface area (Å²) in [6.45, 7) is 4.68. The van der Waals surface area contributed by atoms with Crippen molar-refractivity contribution in [1.82, 2.24) is 10.6 Å². The van der Waals surface area contributed by atoms with Crippen molar-refractivity contribution in [2.45, 2.75) is 51.0 Å². The summed E-state index contributed by atoms with van der Waals surface area (Å²) in [5.74, 6) is 0.852. The highest BCUT2D eigenvalue weighted by molar-refractivity contribution is 14.0. The number of rotatable bonds is 7. The Labute approximate surface area is 171 Å². The van der Waals surface area contributed by atoms with Crippen LogP contribution in [0.1, 0.15) is 31.7 Å². The average molecular weight is 480 g/mol. The van der Waals surface area contributed by atoms with Gasteiger partial charge in [0.2, 0.25) is 0 Å². The number of aliphatic imine (C=N–C) groups is 1. The average Bonchev–Trinajstić information content (AvgIpc) is 3.17. The Morgan fingerprint density at radius 2 is 2.28 bits per heavy atom. The van der Waals surface area contributed by atoms with Crippen LogP contribution in [0.15, 0.2) is 29.3 Å². The lowest BCUT2D eigenvalue weighted by Gasteiger charge is -2.22. The van der Waals surface area contributed by atoms with E-state index in [2.05, 4.69) is 22.5 Å². The van der Waals surface area contributed by atoms with Crippen LogP contribution >= 0.6 is 35.6 Å². The van der Waals surface area contributed by atoms with Crippen molar-refractivity contribution >= 4 is 41.5 Å². The van der Waals surface area contributed by atoms with Crippen molar-refractivity contribution < 1.29 is 9.47 Å². The van der Waals surface area contributed by atoms with Gasteiger partial charge in [0.25, 0.3) is 0 Å². The van der Waals surface area contributed by atoms with E-state index in [1.165, 1.54) is 6.42 Å². The van der Waals surface area contributed by atoms with E-state index in [4.69, 9.17) is 21.1 Å². The van der Waals surface area contributed by atoms with E-state index in [1.54, 1.807) is 0 Å². The lowest BCUT2D eigenvalue weighted by molar-refractivity contribution is 0.0992. The zero-order valence-electron chi connectivity index (χ0n) is 14.5. The van der Waals surface area contributed by atoms with E-state index in [9.17, 15) is 0 Å². The SMILES string of the molecule is CCNC(=NCCOCc1cccc(Cl)c1)NC1CC2CCC1O2.I. The Morgan fingerprint density at radius 3 is 2.96 bits per heavy atom. The second kappa shape index (κ2) is 10.5. The largest absolute Gasteiger partial charge is 0.375 e. The van der Waals surface area contributed by atoms with Gasteiger partial charge in [-0.05, 0) is 43.9 Å². The van der Waals surface area contributed by atoms with Crippen LogP contribution in [-0.2, 0) is 16.1 Å². The van der Waals surface area contributed by atoms with Gasteiger partial charge < -0.3 is 20.1 Å². The molecule has 0 aromatic heterocycles. The molecule has 0 spiro atoms. The van der Waals surface area contributed by atoms with Crippen molar-refractivity contribution in [2.24, 2.45) is 4.99 Å². The summed E-state index contributed by atoms with van der Waals surface area (Å²) >= 11 is 5.96. The monoisotopic (exact) mass is 479 g/mol. The molecule has 1 aromatic rings. The van der Waals surface area contributed by atoms with Gasteiger partial charge in [0.05, 0.1) is 38.0 Å². The third kappa shape index (κ3) is 6.27. The summed E-state index contributed by atoms with van der Waals surface area (Å²) in [5, 5.41) is 7.54. The fraction of sp³-hybridized carbons (Fsp3) is 0.611. The Morgan fingerprint density at radius 1 is 1.40 bits per heavy atom. The molecule has 0 amide bonds. The second-order valence-corrected chi connectivity index (χ2v) is 6.74. The maximum atomic E-state index is 5.96. The standard InChI is InChI=1S/C18H26ClN3O2.HI/c1-2-20-18(22-16-11-15-6-7-17(16)24-15)21-8-9-23-12-13-4-3-5-14(19)10-13;/h3-5,10,15-17H,2,6-9,11-12H2,1H3,(H2,20,21,22);1H. The first kappa shape index (κ1) is 20.7. The number of nitrogens with one attached hydrogen (secondary N) is 2. The maximum absolute atomic E-state index is 5.96. The van der Waals surface area contributed by atoms with E-state index in [0.717, 1.165) is 35.9 Å². The van der Waals surface area contributed by atoms with Crippen LogP contribution in [0.4, 0.5) is 0 Å². The van der Waals surface area contributed by atoms with Gasteiger partial charge in [0.15, 0.2) is 5.96 Å². The quantitative estimate of drug-likeness (QED) is 0.273. The lowest BCUT2D eigenvalue weighted by Crippen LogP contribution is -2.47. The summed E-state index contributed by atoms with van der Waals surface area (Å²) in [6.07, 6.45) is 4.23. The van der Waals surface area contributed by atoms with Crippen LogP contribution in [0.25, 0.3) is 0 Å². The number of ether oxygens (including phenoxy) is 2. The molecular weight excluding hydrogens is 453 g/mol. The van der Waals surface area contributed by atoms with Gasteiger partial charge in [-0.25, -0.2) is 0 Å². The summed E-state index contributed by atoms with van der Waals surface area (Å²) in [4.78, 5) is 4.60. The summed E-state index contributed by atoms with van der Waals surface area (Å²) in [5.41, 5.74) is 1.08. The maximum Gasteiger partial charge on any atom is 0.191 e. The normalized spacial score (nSPS) is 24.9. The van der Waals surface area contributed by atoms with Crippen LogP contribution in [0, 0.1) is 0 Å². The first-order valence-corrected chi connectivity index (χ1v) is 9.15. The Bertz CT molecular complexity index is 573. The number of hydrogen-bond acceptors (Lipinski definition) is 3. The molecule has 2 aliphatic heterocycles. The number of hydrogen-bond donors (Lipinski definition) is 2. The molecule has 3 rings (SSSR count). The van der Waals surface area contributed by atoms with Crippen LogP contribution in [0.2, 0.25) is 5.02 Å². The second-order valence-electron chi connectivity index (χ2n) is 6.30. The molecule has 2 saturated heterocycles. The van der Waals surface area contributed by atoms with Gasteiger partial charge in [-0.3, -0.25) is 4.99 Å². The molecular formula is C18H27ClIN3O2. The fourth-order valence-corrected chi connectivity index (χ4v) is 3.54. The number of fused-ring (bicyclic) bond motifs is 2. The smallest absolute Gasteiger partial charge is 0.191 e. The van der Waals surface area contributed by atoms with Crippen molar-refractivity contribution in [3.8, 4) is 0 Å². The topological polar surface area (TPSA) is 54.9 Å². The first-order chi connectivity index (χ1) is 11.7. The van der Waals surface area contributed by atoms with E-state index >= 15 is 0 Å². The number of benzene rings is 1. The van der Waals surface area contributed by atoms with Crippen LogP contribution in [0.5, 0.6) is 0 Å². The minimum Gasteiger partial charge on any atom is -0.375 e. The molecule has 2 fully saturated rings. The van der Waals surface area contributed by atoms with E-state index in [0.29, 0.717) is 38.0 Å². The Hall–Kier alpha value is -0.570. The third-order valence-electron chi connectivity index (χ3n) is 4.44. The molecule has 2 N–H and O–H groups in total. The van der Waals surface area contributed by atoms with E-state index < -0.39 is 0 Å². The molecule has 2 bridgehead atoms. The lowest BCUT2D eigenvalue weighted by atomic mass is 9.96. The molecule has 1 aromatic carbocycles. The van der Waals surface area contributed by atoms with Crippen molar-refractivity contribution in [1.29, 1.82) is 0 Å². The molecule has 0 aliphatic carbocycles. The predicted molar refractivity (Wildman–Crippen MR) is 112 cm³/mol. The molecule has 140 valence electrons. The zero-order valence-corrected chi connectivity index (χ0v) is 17.6. The highest BCUT2D eigenvalue weighted by Crippen LogP contribution is 2.34. The Balaban J connectivity index is 0.00000225. The molecule has 3 atom stereocenters. The van der Waals surface area contributed by atoms with E-state index in [-0.39, 0.29) is 24.0 Å². The van der Waals surface area contributed by atoms with Gasteiger partial charge >= 0.3 is 0 Å². The van der Waals surface area contributed by atoms with E-state index in [1.807, 2.05) is 24.3 Å². The summed E-state index contributed by atoms with van der Waals surface area (Å²) in [6, 6.07) is 8.11. The number of nitrogens with zero attached hydrogens (tertiary/aromatic N) is 1. The predicted octanol–water partition coefficient (Wildman–Crippen LogP) is 3.35. The summed E-state index contributed by atoms with van der Waals surface area (Å²) < 4.78 is 11.6. The molecule has 25 heavy (non-hydrogen) atoms. The molecule has 5 nitrogen and oxygen atoms in total. The Kier molecular flexibility index (Phi) is 8.75. The van der Waals surface area contributed by atoms with Gasteiger partial charge in [0.1, 0.15) is 0 Å². The van der Waals surface area contributed by atoms with Gasteiger partial charge in [-0.2, -0.15) is 0 Å². The van der Waals surface area contributed by atoms with Crippen molar-refractivity contribution in [3.05, 3.63) is 34.9 Å². The molecule has 7 heteroatoms. The van der Waals surface area contributed by atoms with Gasteiger partial charge in [-0.1, -0.05) is 23.7 Å². The van der Waals surface area contributed by atoms with Crippen molar-refractivity contribution in [2.75, 3.05) is 19.7 Å². The van der Waals surface area contributed by atoms with Crippen LogP contribution in [0.3, 0.4) is 0 Å². The molecule has 0 saturated carbocycles. The zero-order chi connectivity index (χ0) is 16.8. The number of guanidine groups is 1. The van der Waals surface area contributed by atoms with Crippen molar-refractivity contribution in [3.63, 3.8) is 0 Å². The van der Waals surface area contributed by atoms with Crippen LogP contribution in [-0.4, -0.2) is 43.9 Å². The highest BCUT2D eigenvalue weighted by Gasteiger charge is 2.41. The van der Waals surface area contributed by atoms with Gasteiger partial charge in [0, 0.05) is 11.6 Å². The molecule has 0 radical (unpaired) electrons. The molecule has 3 unspecified atom stereocenters. The first-order valence-electron chi connectivity index (χ1n) is 8.77. The van der Waals surface area contributed by atoms with Gasteiger partial charge in [-0.15, -0.1) is 24.0 Å². The summed E-state index contributed by atoms with van der Waals surface area (Å²) in [7, 11) is 0. The highest BCUT2D eigenvalue weighted by atomic mass is 127. The molecule has 2 aliphatic rings. The minimum absolute atomic E-state index is 0. The van der Waals surface area contributed by atoms with Crippen LogP contribution < -0.4 is 10.6 Å². The molecule has 2 heterocycles. The number of halogens is 2. The minimum atomic E-state index is 0. The fourth-order valence-electron chi connectivity index (χ4n) is 3.32. The third-order valence-corrected chi connectivity index (χ3v) is 4.67.